The minimum atomic E-state index is -1.35. The van der Waals surface area contributed by atoms with Crippen molar-refractivity contribution in [1.82, 2.24) is 15.5 Å². The lowest BCUT2D eigenvalue weighted by molar-refractivity contribution is -0.141. The zero-order chi connectivity index (χ0) is 35.6. The Hall–Kier alpha value is -4.35. The average Bonchev–Trinajstić information content (AvgIpc) is 3.11. The lowest BCUT2D eigenvalue weighted by atomic mass is 9.82. The number of aryl methyl sites for hydroxylation is 2. The first kappa shape index (κ1) is 36.9. The highest BCUT2D eigenvalue weighted by Crippen LogP contribution is 2.34. The van der Waals surface area contributed by atoms with Gasteiger partial charge in [0.25, 0.3) is 0 Å². The second-order valence-corrected chi connectivity index (χ2v) is 12.9. The fourth-order valence-electron chi connectivity index (χ4n) is 6.47. The number of amides is 2. The number of carbonyl (C=O) groups is 3. The average molecular weight is 712 g/mol. The molecular formula is C38H41ClF3N3O5. The van der Waals surface area contributed by atoms with Crippen LogP contribution in [0.15, 0.2) is 66.2 Å². The van der Waals surface area contributed by atoms with Crippen LogP contribution in [0, 0.1) is 17.5 Å². The Morgan fingerprint density at radius 3 is 2.44 bits per heavy atom. The number of fused-ring (bicyclic) bond motifs is 2. The molecule has 2 atom stereocenters. The maximum Gasteiger partial charge on any atom is 0.305 e. The molecule has 1 fully saturated rings. The Morgan fingerprint density at radius 2 is 1.68 bits per heavy atom. The van der Waals surface area contributed by atoms with E-state index >= 15 is 0 Å². The molecule has 2 N–H and O–H groups in total. The van der Waals surface area contributed by atoms with Gasteiger partial charge in [-0.25, -0.2) is 8.78 Å². The number of benzene rings is 3. The third kappa shape index (κ3) is 9.45. The molecule has 0 aliphatic carbocycles. The number of nitrogens with one attached hydrogen (secondary N) is 2. The van der Waals surface area contributed by atoms with Crippen LogP contribution >= 0.6 is 11.6 Å². The summed E-state index contributed by atoms with van der Waals surface area (Å²) in [5, 5.41) is 7.33. The SMILES string of the molecule is COC(=O)CCCC(=O)N1C[C@H]2CC(c3ccc(CCCOc4c(F)ccc(F)c4F)cc3)=C(C(=O)NCCCc3ccccc3Cl)[C@@H](C1)N2. The molecule has 0 spiro atoms. The highest BCUT2D eigenvalue weighted by atomic mass is 35.5. The van der Waals surface area contributed by atoms with Gasteiger partial charge in [-0.3, -0.25) is 14.4 Å². The number of piperazine rings is 1. The van der Waals surface area contributed by atoms with E-state index in [9.17, 15) is 27.6 Å². The van der Waals surface area contributed by atoms with Crippen molar-refractivity contribution >= 4 is 35.0 Å². The van der Waals surface area contributed by atoms with Gasteiger partial charge < -0.3 is 25.0 Å². The van der Waals surface area contributed by atoms with Gasteiger partial charge in [-0.1, -0.05) is 54.1 Å². The first-order valence-electron chi connectivity index (χ1n) is 16.9. The maximum atomic E-state index is 13.9. The van der Waals surface area contributed by atoms with Crippen LogP contribution in [-0.4, -0.2) is 68.1 Å². The van der Waals surface area contributed by atoms with E-state index < -0.39 is 23.2 Å². The number of carbonyl (C=O) groups excluding carboxylic acids is 3. The van der Waals surface area contributed by atoms with Crippen molar-refractivity contribution in [3.63, 3.8) is 0 Å². The number of methoxy groups -OCH3 is 1. The van der Waals surface area contributed by atoms with E-state index in [0.717, 1.165) is 28.3 Å². The van der Waals surface area contributed by atoms with Crippen LogP contribution in [0.4, 0.5) is 13.2 Å². The van der Waals surface area contributed by atoms with Gasteiger partial charge in [-0.15, -0.1) is 0 Å². The van der Waals surface area contributed by atoms with Crippen LogP contribution in [0.5, 0.6) is 5.75 Å². The summed E-state index contributed by atoms with van der Waals surface area (Å²) in [6, 6.07) is 16.5. The summed E-state index contributed by atoms with van der Waals surface area (Å²) in [6.45, 7) is 1.24. The van der Waals surface area contributed by atoms with Gasteiger partial charge in [0.2, 0.25) is 17.6 Å². The topological polar surface area (TPSA) is 97.0 Å². The van der Waals surface area contributed by atoms with E-state index in [2.05, 4.69) is 10.6 Å². The standard InChI is InChI=1S/C38H41ClF3N3O5/c1-49-34(47)12-4-11-33(46)45-22-27-21-28(35(32(23-45)44-27)38(48)43-19-5-9-26-8-2-3-10-29(26)39)25-15-13-24(14-16-25)7-6-20-50-37-31(41)18-17-30(40)36(37)42/h2-3,8,10,13-18,27,32,44H,4-7,9,11-12,19-23H2,1H3,(H,43,48)/t27-,32-/m1/s1. The van der Waals surface area contributed by atoms with E-state index in [0.29, 0.717) is 74.8 Å². The molecule has 2 heterocycles. The molecule has 2 amide bonds. The van der Waals surface area contributed by atoms with Crippen LogP contribution in [0.1, 0.15) is 55.2 Å². The molecule has 2 aliphatic heterocycles. The molecule has 0 aromatic heterocycles. The molecule has 2 bridgehead atoms. The second kappa shape index (κ2) is 17.5. The quantitative estimate of drug-likeness (QED) is 0.111. The molecule has 0 radical (unpaired) electrons. The first-order valence-corrected chi connectivity index (χ1v) is 17.2. The summed E-state index contributed by atoms with van der Waals surface area (Å²) in [4.78, 5) is 40.3. The second-order valence-electron chi connectivity index (χ2n) is 12.5. The molecular weight excluding hydrogens is 671 g/mol. The van der Waals surface area contributed by atoms with Crippen molar-refractivity contribution < 1.29 is 37.0 Å². The van der Waals surface area contributed by atoms with Crippen LogP contribution in [-0.2, 0) is 32.0 Å². The Morgan fingerprint density at radius 1 is 0.920 bits per heavy atom. The Kier molecular flexibility index (Phi) is 12.9. The van der Waals surface area contributed by atoms with Gasteiger partial charge in [0, 0.05) is 49.1 Å². The molecule has 8 nitrogen and oxygen atoms in total. The smallest absolute Gasteiger partial charge is 0.305 e. The zero-order valence-corrected chi connectivity index (χ0v) is 28.7. The largest absolute Gasteiger partial charge is 0.488 e. The van der Waals surface area contributed by atoms with E-state index in [1.165, 1.54) is 7.11 Å². The molecule has 1 saturated heterocycles. The predicted octanol–water partition coefficient (Wildman–Crippen LogP) is 6.19. The summed E-state index contributed by atoms with van der Waals surface area (Å²) in [7, 11) is 1.32. The van der Waals surface area contributed by atoms with Gasteiger partial charge in [-0.2, -0.15) is 4.39 Å². The molecule has 12 heteroatoms. The highest BCUT2D eigenvalue weighted by molar-refractivity contribution is 6.31. The van der Waals surface area contributed by atoms with E-state index in [-0.39, 0.29) is 49.3 Å². The number of halogens is 4. The molecule has 5 rings (SSSR count). The van der Waals surface area contributed by atoms with E-state index in [1.54, 1.807) is 4.90 Å². The van der Waals surface area contributed by atoms with E-state index in [4.69, 9.17) is 21.1 Å². The predicted molar refractivity (Wildman–Crippen MR) is 184 cm³/mol. The summed E-state index contributed by atoms with van der Waals surface area (Å²) < 4.78 is 51.2. The summed E-state index contributed by atoms with van der Waals surface area (Å²) >= 11 is 6.31. The van der Waals surface area contributed by atoms with Crippen molar-refractivity contribution in [3.8, 4) is 5.75 Å². The normalized spacial score (nSPS) is 17.0. The van der Waals surface area contributed by atoms with Gasteiger partial charge in [-0.05, 0) is 79.0 Å². The summed E-state index contributed by atoms with van der Waals surface area (Å²) in [5.74, 6) is -4.82. The zero-order valence-electron chi connectivity index (χ0n) is 27.9. The van der Waals surface area contributed by atoms with Gasteiger partial charge in [0.1, 0.15) is 0 Å². The Labute approximate surface area is 295 Å². The van der Waals surface area contributed by atoms with Crippen molar-refractivity contribution in [3.05, 3.63) is 105 Å². The number of ether oxygens (including phenoxy) is 2. The van der Waals surface area contributed by atoms with Crippen LogP contribution < -0.4 is 15.4 Å². The van der Waals surface area contributed by atoms with Crippen molar-refractivity contribution in [2.75, 3.05) is 33.4 Å². The number of hydrogen-bond acceptors (Lipinski definition) is 6. The van der Waals surface area contributed by atoms with E-state index in [1.807, 2.05) is 48.5 Å². The minimum Gasteiger partial charge on any atom is -0.488 e. The third-order valence-electron chi connectivity index (χ3n) is 9.03. The molecule has 0 unspecified atom stereocenters. The molecule has 50 heavy (non-hydrogen) atoms. The fraction of sp³-hybridized carbons (Fsp3) is 0.395. The van der Waals surface area contributed by atoms with Crippen LogP contribution in [0.3, 0.4) is 0 Å². The Bertz CT molecular complexity index is 1720. The van der Waals surface area contributed by atoms with Gasteiger partial charge in [0.15, 0.2) is 17.4 Å². The van der Waals surface area contributed by atoms with Crippen molar-refractivity contribution in [2.45, 2.75) is 63.5 Å². The van der Waals surface area contributed by atoms with Crippen molar-refractivity contribution in [1.29, 1.82) is 0 Å². The maximum absolute atomic E-state index is 13.9. The Balaban J connectivity index is 1.27. The monoisotopic (exact) mass is 711 g/mol. The molecule has 3 aromatic carbocycles. The highest BCUT2D eigenvalue weighted by Gasteiger charge is 2.39. The molecule has 0 saturated carbocycles. The molecule has 266 valence electrons. The number of esters is 1. The number of hydrogen-bond donors (Lipinski definition) is 2. The lowest BCUT2D eigenvalue weighted by Gasteiger charge is -2.44. The van der Waals surface area contributed by atoms with Crippen LogP contribution in [0.2, 0.25) is 5.02 Å². The fourth-order valence-corrected chi connectivity index (χ4v) is 6.70. The molecule has 2 aliphatic rings. The van der Waals surface area contributed by atoms with Gasteiger partial charge >= 0.3 is 5.97 Å². The molecule has 3 aromatic rings. The number of rotatable bonds is 15. The summed E-state index contributed by atoms with van der Waals surface area (Å²) in [6.07, 6.45) is 3.70. The summed E-state index contributed by atoms with van der Waals surface area (Å²) in [5.41, 5.74) is 4.36. The minimum absolute atomic E-state index is 0.00205. The van der Waals surface area contributed by atoms with Crippen LogP contribution in [0.25, 0.3) is 5.57 Å². The lowest BCUT2D eigenvalue weighted by Crippen LogP contribution is -2.62. The van der Waals surface area contributed by atoms with Gasteiger partial charge in [0.05, 0.1) is 19.8 Å². The third-order valence-corrected chi connectivity index (χ3v) is 9.40. The number of nitrogens with zero attached hydrogens (tertiary/aromatic N) is 1. The first-order chi connectivity index (χ1) is 24.1. The van der Waals surface area contributed by atoms with Crippen molar-refractivity contribution in [2.24, 2.45) is 0 Å².